The third kappa shape index (κ3) is 3.20. The van der Waals surface area contributed by atoms with Crippen molar-refractivity contribution >= 4 is 23.4 Å². The van der Waals surface area contributed by atoms with Crippen LogP contribution in [0.5, 0.6) is 0 Å². The summed E-state index contributed by atoms with van der Waals surface area (Å²) in [7, 11) is 0. The lowest BCUT2D eigenvalue weighted by Crippen LogP contribution is -2.09. The smallest absolute Gasteiger partial charge is 0.253 e. The van der Waals surface area contributed by atoms with E-state index in [4.69, 9.17) is 5.73 Å². The minimum Gasteiger partial charge on any atom is -0.383 e. The van der Waals surface area contributed by atoms with Crippen LogP contribution in [0.25, 0.3) is 0 Å². The van der Waals surface area contributed by atoms with Gasteiger partial charge in [-0.05, 0) is 18.7 Å². The molecule has 0 bridgehead atoms. The standard InChI is InChI=1S/C10H12N6OS/c1-2-13-7-4-12-5-9(15-7)18-10-14-6(11)3-8(17)16-10/h3-5H,2H2,1H3,(H,13,15)(H3,11,14,16,17). The maximum absolute atomic E-state index is 11.2. The molecular weight excluding hydrogens is 252 g/mol. The Kier molecular flexibility index (Phi) is 3.78. The van der Waals surface area contributed by atoms with Crippen LogP contribution in [-0.4, -0.2) is 26.5 Å². The number of nitrogen functional groups attached to an aromatic ring is 1. The van der Waals surface area contributed by atoms with E-state index in [2.05, 4.69) is 25.3 Å². The lowest BCUT2D eigenvalue weighted by molar-refractivity contribution is 0.936. The zero-order chi connectivity index (χ0) is 13.0. The van der Waals surface area contributed by atoms with Gasteiger partial charge in [-0.15, -0.1) is 0 Å². The zero-order valence-corrected chi connectivity index (χ0v) is 10.5. The van der Waals surface area contributed by atoms with E-state index in [0.717, 1.165) is 6.54 Å². The van der Waals surface area contributed by atoms with Crippen LogP contribution in [0.3, 0.4) is 0 Å². The number of anilines is 2. The van der Waals surface area contributed by atoms with E-state index in [9.17, 15) is 4.79 Å². The SMILES string of the molecule is CCNc1cncc(Sc2nc(N)cc(=O)[nH]2)n1. The van der Waals surface area contributed by atoms with Crippen LogP contribution in [0, 0.1) is 0 Å². The van der Waals surface area contributed by atoms with Crippen molar-refractivity contribution in [2.24, 2.45) is 0 Å². The molecule has 2 aromatic heterocycles. The van der Waals surface area contributed by atoms with Crippen molar-refractivity contribution in [2.75, 3.05) is 17.6 Å². The van der Waals surface area contributed by atoms with E-state index in [1.54, 1.807) is 12.4 Å². The third-order valence-electron chi connectivity index (χ3n) is 1.91. The summed E-state index contributed by atoms with van der Waals surface area (Å²) in [6.45, 7) is 2.73. The Morgan fingerprint density at radius 1 is 1.44 bits per heavy atom. The second kappa shape index (κ2) is 5.50. The van der Waals surface area contributed by atoms with Crippen molar-refractivity contribution < 1.29 is 0 Å². The van der Waals surface area contributed by atoms with Gasteiger partial charge in [0.25, 0.3) is 5.56 Å². The lowest BCUT2D eigenvalue weighted by atomic mass is 10.6. The summed E-state index contributed by atoms with van der Waals surface area (Å²) in [6.07, 6.45) is 3.22. The molecule has 0 aromatic carbocycles. The molecule has 2 heterocycles. The van der Waals surface area contributed by atoms with Gasteiger partial charge in [0, 0.05) is 12.6 Å². The Morgan fingerprint density at radius 3 is 3.00 bits per heavy atom. The molecule has 18 heavy (non-hydrogen) atoms. The Balaban J connectivity index is 2.22. The first-order valence-electron chi connectivity index (χ1n) is 5.28. The molecule has 0 saturated heterocycles. The molecule has 0 amide bonds. The summed E-state index contributed by atoms with van der Waals surface area (Å²) in [5.74, 6) is 0.853. The highest BCUT2D eigenvalue weighted by Gasteiger charge is 2.04. The molecule has 0 fully saturated rings. The molecule has 0 radical (unpaired) electrons. The molecule has 7 nitrogen and oxygen atoms in total. The van der Waals surface area contributed by atoms with E-state index in [1.807, 2.05) is 6.92 Å². The van der Waals surface area contributed by atoms with Gasteiger partial charge in [0.15, 0.2) is 5.16 Å². The molecular formula is C10H12N6OS. The van der Waals surface area contributed by atoms with Crippen LogP contribution in [0.2, 0.25) is 0 Å². The Morgan fingerprint density at radius 2 is 2.28 bits per heavy atom. The second-order valence-electron chi connectivity index (χ2n) is 3.35. The van der Waals surface area contributed by atoms with Crippen molar-refractivity contribution in [1.29, 1.82) is 0 Å². The van der Waals surface area contributed by atoms with Crippen molar-refractivity contribution in [3.05, 3.63) is 28.8 Å². The Bertz CT molecular complexity index is 599. The van der Waals surface area contributed by atoms with Gasteiger partial charge in [0.2, 0.25) is 0 Å². The number of hydrogen-bond acceptors (Lipinski definition) is 7. The van der Waals surface area contributed by atoms with Gasteiger partial charge in [0.1, 0.15) is 16.7 Å². The van der Waals surface area contributed by atoms with Crippen molar-refractivity contribution in [1.82, 2.24) is 19.9 Å². The average Bonchev–Trinajstić information content (AvgIpc) is 2.28. The van der Waals surface area contributed by atoms with Gasteiger partial charge in [-0.2, -0.15) is 0 Å². The first-order chi connectivity index (χ1) is 8.67. The summed E-state index contributed by atoms with van der Waals surface area (Å²) in [5, 5.41) is 4.07. The summed E-state index contributed by atoms with van der Waals surface area (Å²) in [5.41, 5.74) is 5.21. The van der Waals surface area contributed by atoms with Crippen LogP contribution in [0.4, 0.5) is 11.6 Å². The number of rotatable bonds is 4. The predicted octanol–water partition coefficient (Wildman–Crippen LogP) is 0.725. The van der Waals surface area contributed by atoms with Crippen molar-refractivity contribution in [3.8, 4) is 0 Å². The number of nitrogens with two attached hydrogens (primary N) is 1. The minimum atomic E-state index is -0.291. The number of nitrogens with one attached hydrogen (secondary N) is 2. The molecule has 0 unspecified atom stereocenters. The van der Waals surface area contributed by atoms with Gasteiger partial charge in [-0.3, -0.25) is 9.78 Å². The molecule has 0 saturated carbocycles. The van der Waals surface area contributed by atoms with Gasteiger partial charge < -0.3 is 16.0 Å². The first kappa shape index (κ1) is 12.4. The van der Waals surface area contributed by atoms with E-state index in [1.165, 1.54) is 17.8 Å². The van der Waals surface area contributed by atoms with E-state index >= 15 is 0 Å². The zero-order valence-electron chi connectivity index (χ0n) is 9.67. The van der Waals surface area contributed by atoms with Crippen LogP contribution < -0.4 is 16.6 Å². The summed E-state index contributed by atoms with van der Waals surface area (Å²) in [6, 6.07) is 1.23. The molecule has 94 valence electrons. The predicted molar refractivity (Wildman–Crippen MR) is 69.6 cm³/mol. The fraction of sp³-hybridized carbons (Fsp3) is 0.200. The number of hydrogen-bond donors (Lipinski definition) is 3. The van der Waals surface area contributed by atoms with E-state index < -0.39 is 0 Å². The normalized spacial score (nSPS) is 10.3. The van der Waals surface area contributed by atoms with Crippen molar-refractivity contribution in [2.45, 2.75) is 17.1 Å². The molecule has 0 aliphatic rings. The molecule has 2 aromatic rings. The second-order valence-corrected chi connectivity index (χ2v) is 4.36. The Hall–Kier alpha value is -2.09. The number of nitrogens with zero attached hydrogens (tertiary/aromatic N) is 3. The Labute approximate surface area is 107 Å². The highest BCUT2D eigenvalue weighted by atomic mass is 32.2. The quantitative estimate of drug-likeness (QED) is 0.698. The molecule has 4 N–H and O–H groups in total. The minimum absolute atomic E-state index is 0.178. The molecule has 0 aliphatic carbocycles. The van der Waals surface area contributed by atoms with Crippen LogP contribution in [-0.2, 0) is 0 Å². The maximum atomic E-state index is 11.2. The third-order valence-corrected chi connectivity index (χ3v) is 2.70. The van der Waals surface area contributed by atoms with Crippen molar-refractivity contribution in [3.63, 3.8) is 0 Å². The fourth-order valence-corrected chi connectivity index (χ4v) is 2.02. The average molecular weight is 264 g/mol. The summed E-state index contributed by atoms with van der Waals surface area (Å²) in [4.78, 5) is 26.2. The highest BCUT2D eigenvalue weighted by Crippen LogP contribution is 2.22. The van der Waals surface area contributed by atoms with Gasteiger partial charge >= 0.3 is 0 Å². The van der Waals surface area contributed by atoms with E-state index in [-0.39, 0.29) is 11.4 Å². The lowest BCUT2D eigenvalue weighted by Gasteiger charge is -2.04. The summed E-state index contributed by atoms with van der Waals surface area (Å²) >= 11 is 1.20. The first-order valence-corrected chi connectivity index (χ1v) is 6.09. The largest absolute Gasteiger partial charge is 0.383 e. The topological polar surface area (TPSA) is 110 Å². The molecule has 2 rings (SSSR count). The number of aromatic amines is 1. The molecule has 0 spiro atoms. The van der Waals surface area contributed by atoms with Crippen LogP contribution >= 0.6 is 11.8 Å². The maximum Gasteiger partial charge on any atom is 0.253 e. The van der Waals surface area contributed by atoms with Gasteiger partial charge in [-0.25, -0.2) is 9.97 Å². The van der Waals surface area contributed by atoms with Gasteiger partial charge in [0.05, 0.1) is 12.4 Å². The molecule has 8 heteroatoms. The van der Waals surface area contributed by atoms with Crippen LogP contribution in [0.15, 0.2) is 33.4 Å². The highest BCUT2D eigenvalue weighted by molar-refractivity contribution is 7.99. The summed E-state index contributed by atoms with van der Waals surface area (Å²) < 4.78 is 0. The molecule has 0 aliphatic heterocycles. The van der Waals surface area contributed by atoms with E-state index in [0.29, 0.717) is 16.0 Å². The fourth-order valence-electron chi connectivity index (χ4n) is 1.26. The number of H-pyrrole nitrogens is 1. The number of aromatic nitrogens is 4. The van der Waals surface area contributed by atoms with Gasteiger partial charge in [-0.1, -0.05) is 0 Å². The molecule has 0 atom stereocenters. The monoisotopic (exact) mass is 264 g/mol. The van der Waals surface area contributed by atoms with Crippen LogP contribution in [0.1, 0.15) is 6.92 Å².